The van der Waals surface area contributed by atoms with Crippen LogP contribution in [0.15, 0.2) is 0 Å². The minimum Gasteiger partial charge on any atom is -0.431 e. The predicted octanol–water partition coefficient (Wildman–Crippen LogP) is 10.9. The fraction of sp³-hybridized carbons (Fsp3) is 0.974. The van der Waals surface area contributed by atoms with E-state index in [4.69, 9.17) is 19.1 Å². The molecule has 7 heteroatoms. The van der Waals surface area contributed by atoms with Crippen LogP contribution in [-0.4, -0.2) is 63.9 Å². The first-order valence-corrected chi connectivity index (χ1v) is 18.9. The van der Waals surface area contributed by atoms with E-state index < -0.39 is 6.16 Å². The van der Waals surface area contributed by atoms with Gasteiger partial charge in [-0.15, -0.1) is 0 Å². The Morgan fingerprint density at radius 1 is 0.489 bits per heavy atom. The van der Waals surface area contributed by atoms with Crippen LogP contribution >= 0.6 is 0 Å². The highest BCUT2D eigenvalue weighted by atomic mass is 16.7. The fourth-order valence-electron chi connectivity index (χ4n) is 8.12. The molecule has 2 aliphatic rings. The first kappa shape index (κ1) is 40.3. The number of ether oxygens (including phenoxy) is 2. The maximum atomic E-state index is 13.1. The summed E-state index contributed by atoms with van der Waals surface area (Å²) in [5, 5.41) is 4.33. The van der Waals surface area contributed by atoms with Gasteiger partial charge >= 0.3 is 6.16 Å². The highest BCUT2D eigenvalue weighted by molar-refractivity contribution is 5.60. The standard InChI is InChI=1S/C38H74N2O5/c1-11-13-15-17-19-20-21-23-25-27-43-40-37(7,8)30-33(31-38(40,9)10)45-34(41)44-32-28-35(3,4)39(36(5,6)29-32)42-26-24-22-18-16-14-12-2/h32-33H,11-31H2,1-10H3. The Labute approximate surface area is 278 Å². The van der Waals surface area contributed by atoms with Crippen molar-refractivity contribution in [3.05, 3.63) is 0 Å². The van der Waals surface area contributed by atoms with Crippen molar-refractivity contribution >= 4 is 6.16 Å². The number of rotatable bonds is 21. The maximum absolute atomic E-state index is 13.1. The quantitative estimate of drug-likeness (QED) is 0.0915. The van der Waals surface area contributed by atoms with E-state index in [1.807, 2.05) is 0 Å². The second-order valence-corrected chi connectivity index (χ2v) is 16.6. The summed E-state index contributed by atoms with van der Waals surface area (Å²) in [6.45, 7) is 23.5. The highest BCUT2D eigenvalue weighted by Gasteiger charge is 2.50. The molecule has 0 aliphatic carbocycles. The molecule has 0 aromatic heterocycles. The molecule has 266 valence electrons. The number of unbranched alkanes of at least 4 members (excludes halogenated alkanes) is 13. The lowest BCUT2D eigenvalue weighted by molar-refractivity contribution is -0.296. The van der Waals surface area contributed by atoms with Crippen molar-refractivity contribution in [2.75, 3.05) is 13.2 Å². The van der Waals surface area contributed by atoms with Crippen molar-refractivity contribution < 1.29 is 23.9 Å². The zero-order valence-corrected chi connectivity index (χ0v) is 31.4. The van der Waals surface area contributed by atoms with Crippen LogP contribution in [0.1, 0.15) is 191 Å². The largest absolute Gasteiger partial charge is 0.508 e. The Balaban J connectivity index is 1.78. The average molecular weight is 639 g/mol. The fourth-order valence-corrected chi connectivity index (χ4v) is 8.12. The molecule has 0 amide bonds. The van der Waals surface area contributed by atoms with Crippen LogP contribution in [0.5, 0.6) is 0 Å². The van der Waals surface area contributed by atoms with Gasteiger partial charge in [0.2, 0.25) is 0 Å². The molecule has 2 saturated heterocycles. The van der Waals surface area contributed by atoms with Gasteiger partial charge in [-0.1, -0.05) is 97.3 Å². The summed E-state index contributed by atoms with van der Waals surface area (Å²) >= 11 is 0. The molecule has 2 heterocycles. The number of piperidine rings is 2. The second kappa shape index (κ2) is 19.2. The van der Waals surface area contributed by atoms with Gasteiger partial charge in [0.15, 0.2) is 0 Å². The summed E-state index contributed by atoms with van der Waals surface area (Å²) in [5.74, 6) is 0. The highest BCUT2D eigenvalue weighted by Crippen LogP contribution is 2.42. The molecule has 0 saturated carbocycles. The van der Waals surface area contributed by atoms with Crippen LogP contribution in [0, 0.1) is 0 Å². The number of hydrogen-bond acceptors (Lipinski definition) is 7. The van der Waals surface area contributed by atoms with E-state index in [2.05, 4.69) is 79.4 Å². The molecule has 45 heavy (non-hydrogen) atoms. The molecule has 0 N–H and O–H groups in total. The van der Waals surface area contributed by atoms with Gasteiger partial charge in [-0.05, 0) is 68.2 Å². The minimum absolute atomic E-state index is 0.211. The molecule has 7 nitrogen and oxygen atoms in total. The monoisotopic (exact) mass is 639 g/mol. The molecular weight excluding hydrogens is 564 g/mol. The summed E-state index contributed by atoms with van der Waals surface area (Å²) in [6, 6.07) is 0. The van der Waals surface area contributed by atoms with Crippen molar-refractivity contribution in [1.29, 1.82) is 0 Å². The van der Waals surface area contributed by atoms with E-state index in [1.54, 1.807) is 0 Å². The van der Waals surface area contributed by atoms with Crippen molar-refractivity contribution in [2.24, 2.45) is 0 Å². The zero-order chi connectivity index (χ0) is 33.6. The third kappa shape index (κ3) is 14.0. The molecule has 2 rings (SSSR count). The van der Waals surface area contributed by atoms with Gasteiger partial charge in [0.25, 0.3) is 0 Å². The van der Waals surface area contributed by atoms with Crippen LogP contribution < -0.4 is 0 Å². The summed E-state index contributed by atoms with van der Waals surface area (Å²) in [6.07, 6.45) is 21.1. The predicted molar refractivity (Wildman–Crippen MR) is 186 cm³/mol. The van der Waals surface area contributed by atoms with E-state index in [9.17, 15) is 4.79 Å². The second-order valence-electron chi connectivity index (χ2n) is 16.6. The molecule has 0 spiro atoms. The number of hydroxylamine groups is 4. The smallest absolute Gasteiger partial charge is 0.431 e. The van der Waals surface area contributed by atoms with Crippen LogP contribution in [0.3, 0.4) is 0 Å². The van der Waals surface area contributed by atoms with E-state index in [0.717, 1.165) is 26.1 Å². The molecule has 0 aromatic rings. The maximum Gasteiger partial charge on any atom is 0.508 e. The van der Waals surface area contributed by atoms with Gasteiger partial charge in [-0.2, -0.15) is 10.1 Å². The lowest BCUT2D eigenvalue weighted by Gasteiger charge is -2.54. The lowest BCUT2D eigenvalue weighted by atomic mass is 9.80. The molecule has 0 atom stereocenters. The number of nitrogens with zero attached hydrogens (tertiary/aromatic N) is 2. The molecule has 0 bridgehead atoms. The van der Waals surface area contributed by atoms with E-state index >= 15 is 0 Å². The summed E-state index contributed by atoms with van der Waals surface area (Å²) in [5.41, 5.74) is -1.02. The Hall–Kier alpha value is -0.890. The topological polar surface area (TPSA) is 60.5 Å². The number of hydrogen-bond donors (Lipinski definition) is 0. The minimum atomic E-state index is -0.547. The van der Waals surface area contributed by atoms with E-state index in [0.29, 0.717) is 25.7 Å². The molecule has 2 aliphatic heterocycles. The zero-order valence-electron chi connectivity index (χ0n) is 31.4. The van der Waals surface area contributed by atoms with Crippen LogP contribution in [0.25, 0.3) is 0 Å². The molecular formula is C38H74N2O5. The van der Waals surface area contributed by atoms with E-state index in [-0.39, 0.29) is 34.4 Å². The van der Waals surface area contributed by atoms with Gasteiger partial charge in [0, 0.05) is 47.8 Å². The van der Waals surface area contributed by atoms with Crippen molar-refractivity contribution in [1.82, 2.24) is 10.1 Å². The van der Waals surface area contributed by atoms with Gasteiger partial charge in [0.05, 0.1) is 13.2 Å². The normalized spacial score (nSPS) is 22.0. The van der Waals surface area contributed by atoms with Gasteiger partial charge < -0.3 is 9.47 Å². The Morgan fingerprint density at radius 2 is 0.756 bits per heavy atom. The third-order valence-corrected chi connectivity index (χ3v) is 9.82. The van der Waals surface area contributed by atoms with E-state index in [1.165, 1.54) is 83.5 Å². The average Bonchev–Trinajstić information content (AvgIpc) is 2.90. The molecule has 0 radical (unpaired) electrons. The van der Waals surface area contributed by atoms with Gasteiger partial charge in [0.1, 0.15) is 12.2 Å². The van der Waals surface area contributed by atoms with Crippen molar-refractivity contribution in [3.8, 4) is 0 Å². The number of carbonyl (C=O) groups is 1. The van der Waals surface area contributed by atoms with Crippen LogP contribution in [-0.2, 0) is 19.1 Å². The first-order valence-electron chi connectivity index (χ1n) is 18.9. The molecule has 2 fully saturated rings. The number of carbonyl (C=O) groups excluding carboxylic acids is 1. The molecule has 0 aromatic carbocycles. The Kier molecular flexibility index (Phi) is 17.2. The summed E-state index contributed by atoms with van der Waals surface area (Å²) in [7, 11) is 0. The Bertz CT molecular complexity index is 791. The summed E-state index contributed by atoms with van der Waals surface area (Å²) < 4.78 is 12.0. The van der Waals surface area contributed by atoms with Crippen LogP contribution in [0.4, 0.5) is 4.79 Å². The first-order chi connectivity index (χ1) is 21.1. The third-order valence-electron chi connectivity index (χ3n) is 9.82. The van der Waals surface area contributed by atoms with Gasteiger partial charge in [-0.25, -0.2) is 4.79 Å². The molecule has 0 unspecified atom stereocenters. The summed E-state index contributed by atoms with van der Waals surface area (Å²) in [4.78, 5) is 25.9. The van der Waals surface area contributed by atoms with Crippen molar-refractivity contribution in [2.45, 2.75) is 226 Å². The van der Waals surface area contributed by atoms with Crippen molar-refractivity contribution in [3.63, 3.8) is 0 Å². The Morgan fingerprint density at radius 3 is 1.04 bits per heavy atom. The van der Waals surface area contributed by atoms with Gasteiger partial charge in [-0.3, -0.25) is 9.68 Å². The SMILES string of the molecule is CCCCCCCCCCCON1C(C)(C)CC(OC(=O)OC2CC(C)(C)N(OCCCCCCCC)C(C)(C)C2)CC1(C)C. The van der Waals surface area contributed by atoms with Crippen LogP contribution in [0.2, 0.25) is 0 Å². The lowest BCUT2D eigenvalue weighted by Crippen LogP contribution is -2.62.